The van der Waals surface area contributed by atoms with E-state index in [0.717, 1.165) is 78.9 Å². The molecule has 2 heterocycles. The molecule has 3 aromatic rings. The van der Waals surface area contributed by atoms with E-state index in [-0.39, 0.29) is 11.9 Å². The number of nitrogens with zero attached hydrogens (tertiary/aromatic N) is 1. The number of hydrogen-bond donors (Lipinski definition) is 2. The summed E-state index contributed by atoms with van der Waals surface area (Å²) in [5, 5.41) is 3.25. The van der Waals surface area contributed by atoms with Gasteiger partial charge in [0.1, 0.15) is 11.6 Å². The lowest BCUT2D eigenvalue weighted by atomic mass is 9.85. The van der Waals surface area contributed by atoms with E-state index in [1.54, 1.807) is 0 Å². The van der Waals surface area contributed by atoms with Crippen LogP contribution >= 0.6 is 0 Å². The quantitative estimate of drug-likeness (QED) is 0.715. The Bertz CT molecular complexity index is 977. The van der Waals surface area contributed by atoms with Gasteiger partial charge in [0.05, 0.1) is 17.6 Å². The Kier molecular flexibility index (Phi) is 4.51. The topological polar surface area (TPSA) is 67.0 Å². The second kappa shape index (κ2) is 7.30. The van der Waals surface area contributed by atoms with Crippen molar-refractivity contribution in [2.24, 2.45) is 0 Å². The van der Waals surface area contributed by atoms with E-state index in [4.69, 9.17) is 9.72 Å². The van der Waals surface area contributed by atoms with Crippen LogP contribution in [0.3, 0.4) is 0 Å². The van der Waals surface area contributed by atoms with Gasteiger partial charge in [-0.05, 0) is 68.0 Å². The van der Waals surface area contributed by atoms with Gasteiger partial charge in [-0.25, -0.2) is 4.98 Å². The highest BCUT2D eigenvalue weighted by molar-refractivity contribution is 5.94. The zero-order valence-electron chi connectivity index (χ0n) is 15.9. The Labute approximate surface area is 164 Å². The van der Waals surface area contributed by atoms with Gasteiger partial charge in [0.15, 0.2) is 0 Å². The molecule has 0 bridgehead atoms. The second-order valence-electron chi connectivity index (χ2n) is 7.95. The predicted molar refractivity (Wildman–Crippen MR) is 109 cm³/mol. The van der Waals surface area contributed by atoms with Crippen LogP contribution < -0.4 is 10.1 Å². The molecule has 28 heavy (non-hydrogen) atoms. The van der Waals surface area contributed by atoms with Crippen LogP contribution in [0.15, 0.2) is 42.5 Å². The number of aromatic amines is 1. The molecule has 1 saturated carbocycles. The van der Waals surface area contributed by atoms with Crippen LogP contribution in [-0.4, -0.2) is 28.5 Å². The number of benzene rings is 2. The standard InChI is InChI=1S/C23H25N3O2/c27-23(17-10-11-21-15(13-17)6-4-12-28-21)24-18-7-3-5-16(14-18)22-25-19-8-1-2-9-20(19)26-22/h1-2,8-11,13,16,18H,3-7,12,14H2,(H,24,27)(H,25,26)/t16-,18+/m0/s1. The number of carbonyl (C=O) groups is 1. The van der Waals surface area contributed by atoms with E-state index < -0.39 is 0 Å². The summed E-state index contributed by atoms with van der Waals surface area (Å²) in [6, 6.07) is 14.1. The van der Waals surface area contributed by atoms with Gasteiger partial charge in [-0.3, -0.25) is 4.79 Å². The molecule has 5 nitrogen and oxygen atoms in total. The number of para-hydroxylation sites is 2. The molecule has 1 aliphatic carbocycles. The Hall–Kier alpha value is -2.82. The molecule has 0 radical (unpaired) electrons. The summed E-state index contributed by atoms with van der Waals surface area (Å²) in [5.74, 6) is 2.35. The lowest BCUT2D eigenvalue weighted by Crippen LogP contribution is -2.38. The Morgan fingerprint density at radius 2 is 2.07 bits per heavy atom. The normalized spacial score (nSPS) is 21.7. The van der Waals surface area contributed by atoms with Crippen LogP contribution in [-0.2, 0) is 6.42 Å². The summed E-state index contributed by atoms with van der Waals surface area (Å²) < 4.78 is 5.65. The number of aromatic nitrogens is 2. The summed E-state index contributed by atoms with van der Waals surface area (Å²) in [5.41, 5.74) is 3.97. The van der Waals surface area contributed by atoms with Crippen LogP contribution in [0.1, 0.15) is 59.8 Å². The number of nitrogens with one attached hydrogen (secondary N) is 2. The molecule has 1 fully saturated rings. The first-order valence-corrected chi connectivity index (χ1v) is 10.3. The summed E-state index contributed by atoms with van der Waals surface area (Å²) in [6.07, 6.45) is 6.16. The van der Waals surface area contributed by atoms with E-state index in [9.17, 15) is 4.79 Å². The van der Waals surface area contributed by atoms with Gasteiger partial charge in [0, 0.05) is 17.5 Å². The maximum Gasteiger partial charge on any atom is 0.251 e. The molecule has 5 rings (SSSR count). The fraction of sp³-hybridized carbons (Fsp3) is 0.391. The van der Waals surface area contributed by atoms with Crippen molar-refractivity contribution in [3.8, 4) is 5.75 Å². The molecule has 1 aromatic heterocycles. The minimum absolute atomic E-state index is 0.0172. The number of carbonyl (C=O) groups excluding carboxylic acids is 1. The minimum atomic E-state index is 0.0172. The molecule has 2 aliphatic rings. The number of hydrogen-bond acceptors (Lipinski definition) is 3. The van der Waals surface area contributed by atoms with Crippen LogP contribution in [0, 0.1) is 0 Å². The van der Waals surface area contributed by atoms with Gasteiger partial charge in [0.25, 0.3) is 5.91 Å². The van der Waals surface area contributed by atoms with Gasteiger partial charge in [-0.15, -0.1) is 0 Å². The summed E-state index contributed by atoms with van der Waals surface area (Å²) in [6.45, 7) is 0.768. The summed E-state index contributed by atoms with van der Waals surface area (Å²) in [4.78, 5) is 21.0. The Morgan fingerprint density at radius 1 is 1.14 bits per heavy atom. The molecule has 2 atom stereocenters. The monoisotopic (exact) mass is 375 g/mol. The molecule has 1 amide bonds. The first-order valence-electron chi connectivity index (χ1n) is 10.3. The van der Waals surface area contributed by atoms with Crippen LogP contribution in [0.4, 0.5) is 0 Å². The minimum Gasteiger partial charge on any atom is -0.493 e. The van der Waals surface area contributed by atoms with E-state index >= 15 is 0 Å². The first kappa shape index (κ1) is 17.3. The lowest BCUT2D eigenvalue weighted by molar-refractivity contribution is 0.0924. The number of fused-ring (bicyclic) bond motifs is 2. The van der Waals surface area contributed by atoms with Crippen LogP contribution in [0.5, 0.6) is 5.75 Å². The van der Waals surface area contributed by atoms with Crippen LogP contribution in [0.2, 0.25) is 0 Å². The number of rotatable bonds is 3. The third kappa shape index (κ3) is 3.37. The highest BCUT2D eigenvalue weighted by Gasteiger charge is 2.27. The van der Waals surface area contributed by atoms with Gasteiger partial charge >= 0.3 is 0 Å². The highest BCUT2D eigenvalue weighted by Crippen LogP contribution is 2.33. The zero-order chi connectivity index (χ0) is 18.9. The molecule has 0 unspecified atom stereocenters. The third-order valence-corrected chi connectivity index (χ3v) is 5.97. The number of imidazole rings is 1. The SMILES string of the molecule is O=C(N[C@@H]1CCC[C@H](c2nc3ccccc3[nH]2)C1)c1ccc2c(c1)CCCO2. The molecular weight excluding hydrogens is 350 g/mol. The van der Waals surface area contributed by atoms with Crippen molar-refractivity contribution in [1.29, 1.82) is 0 Å². The Morgan fingerprint density at radius 3 is 3.00 bits per heavy atom. The average Bonchev–Trinajstić information content (AvgIpc) is 3.18. The molecule has 1 aliphatic heterocycles. The molecule has 0 saturated heterocycles. The second-order valence-corrected chi connectivity index (χ2v) is 7.95. The first-order chi connectivity index (χ1) is 13.8. The van der Waals surface area contributed by atoms with Crippen molar-refractivity contribution in [2.45, 2.75) is 50.5 Å². The van der Waals surface area contributed by atoms with Crippen molar-refractivity contribution in [3.05, 3.63) is 59.4 Å². The van der Waals surface area contributed by atoms with E-state index in [1.165, 1.54) is 0 Å². The van der Waals surface area contributed by atoms with Crippen molar-refractivity contribution < 1.29 is 9.53 Å². The molecule has 0 spiro atoms. The summed E-state index contributed by atoms with van der Waals surface area (Å²) >= 11 is 0. The fourth-order valence-electron chi connectivity index (χ4n) is 4.51. The van der Waals surface area contributed by atoms with Crippen molar-refractivity contribution in [2.75, 3.05) is 6.61 Å². The maximum absolute atomic E-state index is 12.8. The largest absolute Gasteiger partial charge is 0.493 e. The van der Waals surface area contributed by atoms with Crippen molar-refractivity contribution in [3.63, 3.8) is 0 Å². The van der Waals surface area contributed by atoms with E-state index in [2.05, 4.69) is 16.4 Å². The molecule has 2 aromatic carbocycles. The van der Waals surface area contributed by atoms with Gasteiger partial charge in [-0.2, -0.15) is 0 Å². The van der Waals surface area contributed by atoms with Crippen molar-refractivity contribution >= 4 is 16.9 Å². The number of aryl methyl sites for hydroxylation is 1. The zero-order valence-corrected chi connectivity index (χ0v) is 15.9. The van der Waals surface area contributed by atoms with Crippen LogP contribution in [0.25, 0.3) is 11.0 Å². The van der Waals surface area contributed by atoms with E-state index in [1.807, 2.05) is 36.4 Å². The predicted octanol–water partition coefficient (Wildman–Crippen LogP) is 4.34. The highest BCUT2D eigenvalue weighted by atomic mass is 16.5. The molecule has 144 valence electrons. The molecule has 5 heteroatoms. The fourth-order valence-corrected chi connectivity index (χ4v) is 4.51. The lowest BCUT2D eigenvalue weighted by Gasteiger charge is -2.29. The Balaban J connectivity index is 1.28. The third-order valence-electron chi connectivity index (χ3n) is 5.97. The van der Waals surface area contributed by atoms with E-state index in [0.29, 0.717) is 5.92 Å². The smallest absolute Gasteiger partial charge is 0.251 e. The number of amides is 1. The number of ether oxygens (including phenoxy) is 1. The number of H-pyrrole nitrogens is 1. The maximum atomic E-state index is 12.8. The van der Waals surface area contributed by atoms with Gasteiger partial charge < -0.3 is 15.0 Å². The van der Waals surface area contributed by atoms with Gasteiger partial charge in [-0.1, -0.05) is 18.6 Å². The molecular formula is C23H25N3O2. The average molecular weight is 375 g/mol. The van der Waals surface area contributed by atoms with Crippen molar-refractivity contribution in [1.82, 2.24) is 15.3 Å². The van der Waals surface area contributed by atoms with Gasteiger partial charge in [0.2, 0.25) is 0 Å². The summed E-state index contributed by atoms with van der Waals surface area (Å²) in [7, 11) is 0. The molecule has 2 N–H and O–H groups in total.